The van der Waals surface area contributed by atoms with Gasteiger partial charge >= 0.3 is 0 Å². The van der Waals surface area contributed by atoms with E-state index < -0.39 is 0 Å². The van der Waals surface area contributed by atoms with Crippen LogP contribution in [0.1, 0.15) is 35.8 Å². The van der Waals surface area contributed by atoms with Crippen molar-refractivity contribution in [2.45, 2.75) is 32.7 Å². The molecule has 2 heterocycles. The number of H-pyrrole nitrogens is 1. The predicted molar refractivity (Wildman–Crippen MR) is 101 cm³/mol. The molecule has 0 bridgehead atoms. The third-order valence-corrected chi connectivity index (χ3v) is 4.98. The molecule has 0 aliphatic carbocycles. The molecular formula is C21H23N3O2. The summed E-state index contributed by atoms with van der Waals surface area (Å²) < 4.78 is 5.79. The number of rotatable bonds is 4. The molecule has 1 N–H and O–H groups in total. The highest BCUT2D eigenvalue weighted by atomic mass is 16.5. The van der Waals surface area contributed by atoms with E-state index in [1.54, 1.807) is 0 Å². The maximum absolute atomic E-state index is 12.8. The van der Waals surface area contributed by atoms with Crippen LogP contribution >= 0.6 is 0 Å². The molecule has 1 atom stereocenters. The Morgan fingerprint density at radius 3 is 2.92 bits per heavy atom. The van der Waals surface area contributed by atoms with E-state index in [1.807, 2.05) is 55.1 Å². The van der Waals surface area contributed by atoms with Gasteiger partial charge in [-0.3, -0.25) is 4.79 Å². The number of carbonyl (C=O) groups is 1. The molecule has 5 heteroatoms. The quantitative estimate of drug-likeness (QED) is 0.776. The Kier molecular flexibility index (Phi) is 4.37. The van der Waals surface area contributed by atoms with E-state index in [9.17, 15) is 4.79 Å². The summed E-state index contributed by atoms with van der Waals surface area (Å²) in [6.45, 7) is 4.85. The fraction of sp³-hybridized carbons (Fsp3) is 0.333. The standard InChI is InChI=1S/C21H23N3O2/c1-14-9-10-19(15(2)12-14)26-13-20(25)24-11-5-8-18(24)21-22-16-6-3-4-7-17(16)23-21/h3-4,6-7,9-10,12,18H,5,8,11,13H2,1-2H3,(H,22,23). The lowest BCUT2D eigenvalue weighted by Gasteiger charge is -2.23. The van der Waals surface area contributed by atoms with Crippen molar-refractivity contribution in [3.05, 3.63) is 59.4 Å². The molecule has 1 saturated heterocycles. The van der Waals surface area contributed by atoms with E-state index in [1.165, 1.54) is 5.56 Å². The number of benzene rings is 2. The summed E-state index contributed by atoms with van der Waals surface area (Å²) in [7, 11) is 0. The van der Waals surface area contributed by atoms with Gasteiger partial charge in [-0.2, -0.15) is 0 Å². The summed E-state index contributed by atoms with van der Waals surface area (Å²) in [5.41, 5.74) is 4.18. The van der Waals surface area contributed by atoms with E-state index in [-0.39, 0.29) is 18.6 Å². The summed E-state index contributed by atoms with van der Waals surface area (Å²) in [6.07, 6.45) is 1.91. The van der Waals surface area contributed by atoms with Crippen LogP contribution in [0, 0.1) is 13.8 Å². The molecule has 1 fully saturated rings. The van der Waals surface area contributed by atoms with E-state index in [4.69, 9.17) is 4.74 Å². The van der Waals surface area contributed by atoms with E-state index in [0.29, 0.717) is 0 Å². The number of aromatic nitrogens is 2. The Morgan fingerprint density at radius 1 is 1.27 bits per heavy atom. The number of nitrogens with one attached hydrogen (secondary N) is 1. The van der Waals surface area contributed by atoms with Gasteiger partial charge in [-0.05, 0) is 50.5 Å². The van der Waals surface area contributed by atoms with Gasteiger partial charge in [0.05, 0.1) is 17.1 Å². The van der Waals surface area contributed by atoms with Crippen LogP contribution in [0.2, 0.25) is 0 Å². The Labute approximate surface area is 153 Å². The lowest BCUT2D eigenvalue weighted by molar-refractivity contribution is -0.134. The largest absolute Gasteiger partial charge is 0.483 e. The van der Waals surface area contributed by atoms with Crippen LogP contribution in [0.4, 0.5) is 0 Å². The minimum absolute atomic E-state index is 0.00221. The van der Waals surface area contributed by atoms with E-state index in [2.05, 4.69) is 16.0 Å². The van der Waals surface area contributed by atoms with Gasteiger partial charge in [-0.1, -0.05) is 29.8 Å². The zero-order valence-corrected chi connectivity index (χ0v) is 15.2. The SMILES string of the molecule is Cc1ccc(OCC(=O)N2CCCC2c2nc3ccccc3[nH]2)c(C)c1. The minimum atomic E-state index is -0.00221. The molecule has 4 rings (SSSR count). The normalized spacial score (nSPS) is 17.0. The number of ether oxygens (including phenoxy) is 1. The van der Waals surface area contributed by atoms with Gasteiger partial charge in [-0.25, -0.2) is 4.98 Å². The number of para-hydroxylation sites is 2. The van der Waals surface area contributed by atoms with Crippen molar-refractivity contribution < 1.29 is 9.53 Å². The van der Waals surface area contributed by atoms with Gasteiger partial charge in [0.2, 0.25) is 0 Å². The molecule has 0 saturated carbocycles. The van der Waals surface area contributed by atoms with Crippen LogP contribution in [0.3, 0.4) is 0 Å². The van der Waals surface area contributed by atoms with Crippen molar-refractivity contribution in [2.75, 3.05) is 13.2 Å². The van der Waals surface area contributed by atoms with E-state index >= 15 is 0 Å². The number of fused-ring (bicyclic) bond motifs is 1. The molecule has 5 nitrogen and oxygen atoms in total. The van der Waals surface area contributed by atoms with Crippen LogP contribution in [0.15, 0.2) is 42.5 Å². The second-order valence-corrected chi connectivity index (χ2v) is 6.94. The summed E-state index contributed by atoms with van der Waals surface area (Å²) in [5, 5.41) is 0. The number of imidazole rings is 1. The average Bonchev–Trinajstić information content (AvgIpc) is 3.27. The van der Waals surface area contributed by atoms with Crippen LogP contribution < -0.4 is 4.74 Å². The molecule has 1 amide bonds. The summed E-state index contributed by atoms with van der Waals surface area (Å²) in [6, 6.07) is 13.9. The Hall–Kier alpha value is -2.82. The van der Waals surface area contributed by atoms with Crippen molar-refractivity contribution in [2.24, 2.45) is 0 Å². The molecule has 0 radical (unpaired) electrons. The molecule has 1 unspecified atom stereocenters. The van der Waals surface area contributed by atoms with Crippen molar-refractivity contribution >= 4 is 16.9 Å². The fourth-order valence-corrected chi connectivity index (χ4v) is 3.66. The maximum Gasteiger partial charge on any atom is 0.261 e. The first-order chi connectivity index (χ1) is 12.6. The van der Waals surface area contributed by atoms with Gasteiger partial charge in [0.1, 0.15) is 11.6 Å². The number of nitrogens with zero attached hydrogens (tertiary/aromatic N) is 2. The second kappa shape index (κ2) is 6.83. The van der Waals surface area contributed by atoms with Gasteiger partial charge < -0.3 is 14.6 Å². The smallest absolute Gasteiger partial charge is 0.261 e. The predicted octanol–water partition coefficient (Wildman–Crippen LogP) is 3.92. The molecule has 1 aromatic heterocycles. The molecule has 1 aliphatic rings. The first-order valence-electron chi connectivity index (χ1n) is 9.06. The van der Waals surface area contributed by atoms with Gasteiger partial charge in [0, 0.05) is 6.54 Å². The Morgan fingerprint density at radius 2 is 2.12 bits per heavy atom. The number of carbonyl (C=O) groups excluding carboxylic acids is 1. The lowest BCUT2D eigenvalue weighted by Crippen LogP contribution is -2.35. The first kappa shape index (κ1) is 16.6. The molecule has 26 heavy (non-hydrogen) atoms. The zero-order chi connectivity index (χ0) is 18.1. The fourth-order valence-electron chi connectivity index (χ4n) is 3.66. The van der Waals surface area contributed by atoms with Gasteiger partial charge in [-0.15, -0.1) is 0 Å². The molecule has 134 valence electrons. The number of hydrogen-bond acceptors (Lipinski definition) is 3. The van der Waals surface area contributed by atoms with Crippen molar-refractivity contribution in [1.82, 2.24) is 14.9 Å². The molecular weight excluding hydrogens is 326 g/mol. The highest BCUT2D eigenvalue weighted by Crippen LogP contribution is 2.31. The highest BCUT2D eigenvalue weighted by Gasteiger charge is 2.32. The number of hydrogen-bond donors (Lipinski definition) is 1. The molecule has 3 aromatic rings. The molecule has 1 aliphatic heterocycles. The lowest BCUT2D eigenvalue weighted by atomic mass is 10.1. The highest BCUT2D eigenvalue weighted by molar-refractivity contribution is 5.79. The van der Waals surface area contributed by atoms with Crippen molar-refractivity contribution in [1.29, 1.82) is 0 Å². The summed E-state index contributed by atoms with van der Waals surface area (Å²) in [4.78, 5) is 22.7. The summed E-state index contributed by atoms with van der Waals surface area (Å²) in [5.74, 6) is 1.64. The maximum atomic E-state index is 12.8. The number of aryl methyl sites for hydroxylation is 2. The number of likely N-dealkylation sites (tertiary alicyclic amines) is 1. The molecule has 2 aromatic carbocycles. The van der Waals surface area contributed by atoms with Crippen LogP contribution in [-0.4, -0.2) is 33.9 Å². The van der Waals surface area contributed by atoms with Crippen LogP contribution in [-0.2, 0) is 4.79 Å². The minimum Gasteiger partial charge on any atom is -0.483 e. The van der Waals surface area contributed by atoms with Crippen molar-refractivity contribution in [3.8, 4) is 5.75 Å². The topological polar surface area (TPSA) is 58.2 Å². The first-order valence-corrected chi connectivity index (χ1v) is 9.06. The van der Waals surface area contributed by atoms with Crippen molar-refractivity contribution in [3.63, 3.8) is 0 Å². The van der Waals surface area contributed by atoms with E-state index in [0.717, 1.165) is 47.6 Å². The van der Waals surface area contributed by atoms with Gasteiger partial charge in [0.25, 0.3) is 5.91 Å². The average molecular weight is 349 g/mol. The third kappa shape index (κ3) is 3.17. The van der Waals surface area contributed by atoms with Gasteiger partial charge in [0.15, 0.2) is 6.61 Å². The molecule has 0 spiro atoms. The monoisotopic (exact) mass is 349 g/mol. The Bertz CT molecular complexity index is 914. The summed E-state index contributed by atoms with van der Waals surface area (Å²) >= 11 is 0. The van der Waals surface area contributed by atoms with Crippen LogP contribution in [0.25, 0.3) is 11.0 Å². The zero-order valence-electron chi connectivity index (χ0n) is 15.2. The second-order valence-electron chi connectivity index (χ2n) is 6.94. The number of amides is 1. The Balaban J connectivity index is 1.48. The number of aromatic amines is 1. The van der Waals surface area contributed by atoms with Crippen LogP contribution in [0.5, 0.6) is 5.75 Å². The third-order valence-electron chi connectivity index (χ3n) is 4.98.